The summed E-state index contributed by atoms with van der Waals surface area (Å²) in [6, 6.07) is 14.3. The van der Waals surface area contributed by atoms with Crippen LogP contribution in [0.4, 0.5) is 10.1 Å². The second-order valence-corrected chi connectivity index (χ2v) is 6.50. The summed E-state index contributed by atoms with van der Waals surface area (Å²) in [4.78, 5) is 14.3. The van der Waals surface area contributed by atoms with Crippen molar-refractivity contribution in [3.8, 4) is 5.75 Å². The van der Waals surface area contributed by atoms with Crippen molar-refractivity contribution in [3.63, 3.8) is 0 Å². The molecule has 3 aromatic rings. The maximum absolute atomic E-state index is 13.9. The van der Waals surface area contributed by atoms with Crippen molar-refractivity contribution in [2.45, 2.75) is 13.1 Å². The van der Waals surface area contributed by atoms with Gasteiger partial charge in [-0.3, -0.25) is 4.79 Å². The number of anilines is 1. The fraction of sp³-hybridized carbons (Fsp3) is 0.200. The molecular weight excluding hydrogens is 369 g/mol. The summed E-state index contributed by atoms with van der Waals surface area (Å²) < 4.78 is 20.1. The molecule has 0 saturated heterocycles. The molecule has 0 amide bonds. The largest absolute Gasteiger partial charge is 0.494 e. The Balaban J connectivity index is 1.81. The molecule has 0 bridgehead atoms. The summed E-state index contributed by atoms with van der Waals surface area (Å²) in [5, 5.41) is 4.31. The van der Waals surface area contributed by atoms with Gasteiger partial charge in [-0.05, 0) is 23.3 Å². The number of halogens is 2. The maximum Gasteiger partial charge on any atom is 0.287 e. The smallest absolute Gasteiger partial charge is 0.287 e. The van der Waals surface area contributed by atoms with Gasteiger partial charge in [-0.25, -0.2) is 9.07 Å². The molecule has 0 aliphatic rings. The van der Waals surface area contributed by atoms with Gasteiger partial charge in [0.15, 0.2) is 11.6 Å². The quantitative estimate of drug-likeness (QED) is 0.646. The minimum Gasteiger partial charge on any atom is -0.494 e. The molecular formula is C20H19ClFN3O2. The molecule has 7 heteroatoms. The van der Waals surface area contributed by atoms with E-state index in [0.29, 0.717) is 18.8 Å². The number of aromatic nitrogens is 2. The number of benzene rings is 2. The summed E-state index contributed by atoms with van der Waals surface area (Å²) in [5.41, 5.74) is 1.80. The van der Waals surface area contributed by atoms with Crippen LogP contribution < -0.4 is 15.2 Å². The summed E-state index contributed by atoms with van der Waals surface area (Å²) in [6.07, 6.45) is 1.55. The van der Waals surface area contributed by atoms with Gasteiger partial charge in [0.25, 0.3) is 5.56 Å². The van der Waals surface area contributed by atoms with E-state index in [0.717, 1.165) is 11.1 Å². The molecule has 0 N–H and O–H groups in total. The molecule has 3 rings (SSSR count). The van der Waals surface area contributed by atoms with Crippen LogP contribution in [0.3, 0.4) is 0 Å². The minimum atomic E-state index is -0.439. The van der Waals surface area contributed by atoms with Crippen LogP contribution in [0.1, 0.15) is 11.1 Å². The Hall–Kier alpha value is -2.86. The van der Waals surface area contributed by atoms with Crippen LogP contribution in [0, 0.1) is 5.82 Å². The second kappa shape index (κ2) is 8.22. The fourth-order valence-corrected chi connectivity index (χ4v) is 3.05. The molecule has 0 saturated carbocycles. The average Bonchev–Trinajstić information content (AvgIpc) is 2.66. The predicted molar refractivity (Wildman–Crippen MR) is 104 cm³/mol. The van der Waals surface area contributed by atoms with Gasteiger partial charge >= 0.3 is 0 Å². The highest BCUT2D eigenvalue weighted by Gasteiger charge is 2.14. The van der Waals surface area contributed by atoms with E-state index >= 15 is 0 Å². The van der Waals surface area contributed by atoms with Gasteiger partial charge in [-0.15, -0.1) is 0 Å². The lowest BCUT2D eigenvalue weighted by molar-refractivity contribution is 0.386. The van der Waals surface area contributed by atoms with Crippen molar-refractivity contribution in [1.29, 1.82) is 0 Å². The first-order valence-electron chi connectivity index (χ1n) is 8.32. The van der Waals surface area contributed by atoms with Crippen LogP contribution in [0.15, 0.2) is 59.5 Å². The van der Waals surface area contributed by atoms with Crippen LogP contribution >= 0.6 is 11.6 Å². The standard InChI is InChI=1S/C20H19ClFN3O2/c1-24(12-15-8-9-18(27-2)16(22)10-15)17-11-23-25(20(26)19(17)21)13-14-6-4-3-5-7-14/h3-11H,12-13H2,1-2H3. The SMILES string of the molecule is COc1ccc(CN(C)c2cnn(Cc3ccccc3)c(=O)c2Cl)cc1F. The minimum absolute atomic E-state index is 0.0809. The predicted octanol–water partition coefficient (Wildman–Crippen LogP) is 3.73. The maximum atomic E-state index is 13.9. The highest BCUT2D eigenvalue weighted by molar-refractivity contribution is 6.33. The number of nitrogens with zero attached hydrogens (tertiary/aromatic N) is 3. The summed E-state index contributed by atoms with van der Waals surface area (Å²) in [7, 11) is 3.19. The Labute approximate surface area is 161 Å². The number of ether oxygens (including phenoxy) is 1. The molecule has 0 atom stereocenters. The first-order chi connectivity index (χ1) is 13.0. The first kappa shape index (κ1) is 18.9. The van der Waals surface area contributed by atoms with E-state index in [2.05, 4.69) is 5.10 Å². The molecule has 2 aromatic carbocycles. The lowest BCUT2D eigenvalue weighted by atomic mass is 10.2. The Kier molecular flexibility index (Phi) is 5.76. The van der Waals surface area contributed by atoms with E-state index in [1.165, 1.54) is 17.9 Å². The van der Waals surface area contributed by atoms with Crippen molar-refractivity contribution in [2.24, 2.45) is 0 Å². The van der Waals surface area contributed by atoms with Crippen molar-refractivity contribution >= 4 is 17.3 Å². The van der Waals surface area contributed by atoms with E-state index in [-0.39, 0.29) is 16.3 Å². The van der Waals surface area contributed by atoms with Crippen molar-refractivity contribution in [2.75, 3.05) is 19.1 Å². The molecule has 140 valence electrons. The van der Waals surface area contributed by atoms with E-state index in [1.54, 1.807) is 30.3 Å². The van der Waals surface area contributed by atoms with Crippen LogP contribution in [0.2, 0.25) is 5.02 Å². The third kappa shape index (κ3) is 4.28. The molecule has 5 nitrogen and oxygen atoms in total. The van der Waals surface area contributed by atoms with Gasteiger partial charge in [0.2, 0.25) is 0 Å². The van der Waals surface area contributed by atoms with Crippen LogP contribution in [-0.4, -0.2) is 23.9 Å². The Bertz CT molecular complexity index is 992. The monoisotopic (exact) mass is 387 g/mol. The Morgan fingerprint density at radius 1 is 1.19 bits per heavy atom. The van der Waals surface area contributed by atoms with E-state index in [1.807, 2.05) is 30.3 Å². The molecule has 0 aliphatic carbocycles. The molecule has 0 radical (unpaired) electrons. The van der Waals surface area contributed by atoms with Gasteiger partial charge in [-0.1, -0.05) is 48.0 Å². The average molecular weight is 388 g/mol. The zero-order chi connectivity index (χ0) is 19.4. The van der Waals surface area contributed by atoms with Crippen LogP contribution in [0.5, 0.6) is 5.75 Å². The highest BCUT2D eigenvalue weighted by Crippen LogP contribution is 2.23. The normalized spacial score (nSPS) is 10.7. The van der Waals surface area contributed by atoms with E-state index in [9.17, 15) is 9.18 Å². The second-order valence-electron chi connectivity index (χ2n) is 6.12. The lowest BCUT2D eigenvalue weighted by Gasteiger charge is -2.21. The molecule has 27 heavy (non-hydrogen) atoms. The van der Waals surface area contributed by atoms with Gasteiger partial charge in [0, 0.05) is 13.6 Å². The molecule has 0 spiro atoms. The zero-order valence-electron chi connectivity index (χ0n) is 15.0. The Morgan fingerprint density at radius 3 is 2.59 bits per heavy atom. The van der Waals surface area contributed by atoms with Crippen LogP contribution in [0.25, 0.3) is 0 Å². The summed E-state index contributed by atoms with van der Waals surface area (Å²) in [6.45, 7) is 0.706. The number of methoxy groups -OCH3 is 1. The number of hydrogen-bond donors (Lipinski definition) is 0. The van der Waals surface area contributed by atoms with Gasteiger partial charge in [0.1, 0.15) is 5.02 Å². The zero-order valence-corrected chi connectivity index (χ0v) is 15.8. The fourth-order valence-electron chi connectivity index (χ4n) is 2.76. The Morgan fingerprint density at radius 2 is 1.93 bits per heavy atom. The molecule has 0 aliphatic heterocycles. The molecule has 0 fully saturated rings. The first-order valence-corrected chi connectivity index (χ1v) is 8.70. The van der Waals surface area contributed by atoms with E-state index in [4.69, 9.17) is 16.3 Å². The lowest BCUT2D eigenvalue weighted by Crippen LogP contribution is -2.27. The van der Waals surface area contributed by atoms with E-state index < -0.39 is 5.82 Å². The van der Waals surface area contributed by atoms with Crippen LogP contribution in [-0.2, 0) is 13.1 Å². The number of hydrogen-bond acceptors (Lipinski definition) is 4. The molecule has 0 unspecified atom stereocenters. The van der Waals surface area contributed by atoms with Crippen molar-refractivity contribution in [3.05, 3.63) is 87.0 Å². The van der Waals surface area contributed by atoms with Gasteiger partial charge in [0.05, 0.1) is 25.5 Å². The third-order valence-electron chi connectivity index (χ3n) is 4.19. The highest BCUT2D eigenvalue weighted by atomic mass is 35.5. The van der Waals surface area contributed by atoms with Gasteiger partial charge < -0.3 is 9.64 Å². The molecule has 1 heterocycles. The van der Waals surface area contributed by atoms with Crippen molar-refractivity contribution < 1.29 is 9.13 Å². The third-order valence-corrected chi connectivity index (χ3v) is 4.54. The van der Waals surface area contributed by atoms with Crippen molar-refractivity contribution in [1.82, 2.24) is 9.78 Å². The summed E-state index contributed by atoms with van der Waals surface area (Å²) >= 11 is 6.30. The van der Waals surface area contributed by atoms with Gasteiger partial charge in [-0.2, -0.15) is 5.10 Å². The summed E-state index contributed by atoms with van der Waals surface area (Å²) in [5.74, 6) is -0.254. The number of rotatable bonds is 6. The topological polar surface area (TPSA) is 47.4 Å². The molecule has 1 aromatic heterocycles.